The van der Waals surface area contributed by atoms with Crippen molar-refractivity contribution in [3.63, 3.8) is 0 Å². The minimum absolute atomic E-state index is 0.0135. The number of hydrogen-bond acceptors (Lipinski definition) is 4. The molecular formula is C17H25NO3. The van der Waals surface area contributed by atoms with Crippen LogP contribution in [0, 0.1) is 0 Å². The SMILES string of the molecule is CCCCC(N)C(=O)c1ccc(CCC(=O)OCC)cc1. The third-order valence-corrected chi connectivity index (χ3v) is 3.37. The van der Waals surface area contributed by atoms with E-state index in [2.05, 4.69) is 6.92 Å². The molecular weight excluding hydrogens is 266 g/mol. The lowest BCUT2D eigenvalue weighted by Crippen LogP contribution is -2.30. The highest BCUT2D eigenvalue weighted by Crippen LogP contribution is 2.11. The molecule has 0 radical (unpaired) electrons. The normalized spacial score (nSPS) is 12.0. The molecule has 1 aromatic carbocycles. The van der Waals surface area contributed by atoms with Gasteiger partial charge in [0.1, 0.15) is 0 Å². The summed E-state index contributed by atoms with van der Waals surface area (Å²) in [7, 11) is 0. The van der Waals surface area contributed by atoms with Gasteiger partial charge in [-0.3, -0.25) is 9.59 Å². The van der Waals surface area contributed by atoms with Gasteiger partial charge in [0.25, 0.3) is 0 Å². The minimum Gasteiger partial charge on any atom is -0.466 e. The maximum atomic E-state index is 12.1. The van der Waals surface area contributed by atoms with Crippen molar-refractivity contribution in [2.24, 2.45) is 5.73 Å². The van der Waals surface area contributed by atoms with Gasteiger partial charge in [-0.05, 0) is 25.3 Å². The van der Waals surface area contributed by atoms with Crippen molar-refractivity contribution < 1.29 is 14.3 Å². The number of rotatable bonds is 9. The van der Waals surface area contributed by atoms with E-state index in [-0.39, 0.29) is 11.8 Å². The number of benzene rings is 1. The van der Waals surface area contributed by atoms with Crippen LogP contribution in [-0.2, 0) is 16.0 Å². The molecule has 1 unspecified atom stereocenters. The van der Waals surface area contributed by atoms with Crippen molar-refractivity contribution in [2.75, 3.05) is 6.61 Å². The predicted octanol–water partition coefficient (Wildman–Crippen LogP) is 2.88. The zero-order chi connectivity index (χ0) is 15.7. The Bertz CT molecular complexity index is 454. The fraction of sp³-hybridized carbons (Fsp3) is 0.529. The van der Waals surface area contributed by atoms with E-state index in [1.54, 1.807) is 19.1 Å². The highest BCUT2D eigenvalue weighted by atomic mass is 16.5. The Kier molecular flexibility index (Phi) is 7.69. The molecule has 0 aromatic heterocycles. The quantitative estimate of drug-likeness (QED) is 0.561. The van der Waals surface area contributed by atoms with E-state index >= 15 is 0 Å². The zero-order valence-corrected chi connectivity index (χ0v) is 12.9. The molecule has 116 valence electrons. The van der Waals surface area contributed by atoms with Crippen molar-refractivity contribution >= 4 is 11.8 Å². The standard InChI is InChI=1S/C17H25NO3/c1-3-5-6-15(18)17(20)14-10-7-13(8-11-14)9-12-16(19)21-4-2/h7-8,10-11,15H,3-6,9,12,18H2,1-2H3. The molecule has 0 amide bonds. The third-order valence-electron chi connectivity index (χ3n) is 3.37. The molecule has 4 heteroatoms. The molecule has 21 heavy (non-hydrogen) atoms. The van der Waals surface area contributed by atoms with E-state index in [9.17, 15) is 9.59 Å². The van der Waals surface area contributed by atoms with Gasteiger partial charge in [0.2, 0.25) is 0 Å². The summed E-state index contributed by atoms with van der Waals surface area (Å²) in [6.07, 6.45) is 3.70. The molecule has 0 saturated carbocycles. The third kappa shape index (κ3) is 6.08. The van der Waals surface area contributed by atoms with Crippen molar-refractivity contribution in [1.82, 2.24) is 0 Å². The molecule has 0 spiro atoms. The average Bonchev–Trinajstić information content (AvgIpc) is 2.50. The van der Waals surface area contributed by atoms with Gasteiger partial charge >= 0.3 is 5.97 Å². The lowest BCUT2D eigenvalue weighted by Gasteiger charge is -2.10. The van der Waals surface area contributed by atoms with E-state index in [0.717, 1.165) is 24.8 Å². The first-order valence-corrected chi connectivity index (χ1v) is 7.62. The first kappa shape index (κ1) is 17.4. The Balaban J connectivity index is 2.53. The second-order valence-electron chi connectivity index (χ2n) is 5.11. The topological polar surface area (TPSA) is 69.4 Å². The number of esters is 1. The lowest BCUT2D eigenvalue weighted by atomic mass is 9.98. The van der Waals surface area contributed by atoms with Gasteiger partial charge in [-0.25, -0.2) is 0 Å². The smallest absolute Gasteiger partial charge is 0.306 e. The number of unbranched alkanes of at least 4 members (excludes halogenated alkanes) is 1. The Morgan fingerprint density at radius 3 is 2.43 bits per heavy atom. The summed E-state index contributed by atoms with van der Waals surface area (Å²) in [6, 6.07) is 6.90. The summed E-state index contributed by atoms with van der Waals surface area (Å²) >= 11 is 0. The zero-order valence-electron chi connectivity index (χ0n) is 12.9. The molecule has 1 aromatic rings. The summed E-state index contributed by atoms with van der Waals surface area (Å²) in [5, 5.41) is 0. The van der Waals surface area contributed by atoms with E-state index in [0.29, 0.717) is 25.0 Å². The summed E-state index contributed by atoms with van der Waals surface area (Å²) < 4.78 is 4.88. The molecule has 0 aliphatic rings. The molecule has 0 fully saturated rings. The van der Waals surface area contributed by atoms with Crippen molar-refractivity contribution in [1.29, 1.82) is 0 Å². The van der Waals surface area contributed by atoms with Crippen LogP contribution in [0.25, 0.3) is 0 Å². The predicted molar refractivity (Wildman–Crippen MR) is 83.2 cm³/mol. The fourth-order valence-corrected chi connectivity index (χ4v) is 2.08. The van der Waals surface area contributed by atoms with Crippen LogP contribution in [0.3, 0.4) is 0 Å². The fourth-order valence-electron chi connectivity index (χ4n) is 2.08. The molecule has 4 nitrogen and oxygen atoms in total. The van der Waals surface area contributed by atoms with Gasteiger partial charge in [-0.15, -0.1) is 0 Å². The molecule has 1 atom stereocenters. The molecule has 0 saturated heterocycles. The first-order valence-electron chi connectivity index (χ1n) is 7.62. The second-order valence-corrected chi connectivity index (χ2v) is 5.11. The van der Waals surface area contributed by atoms with Crippen LogP contribution in [0.5, 0.6) is 0 Å². The minimum atomic E-state index is -0.421. The van der Waals surface area contributed by atoms with Crippen LogP contribution < -0.4 is 5.73 Å². The Morgan fingerprint density at radius 1 is 1.19 bits per heavy atom. The summed E-state index contributed by atoms with van der Waals surface area (Å²) in [4.78, 5) is 23.4. The lowest BCUT2D eigenvalue weighted by molar-refractivity contribution is -0.143. The first-order chi connectivity index (χ1) is 10.1. The van der Waals surface area contributed by atoms with Crippen LogP contribution in [-0.4, -0.2) is 24.4 Å². The molecule has 0 bridgehead atoms. The van der Waals surface area contributed by atoms with Crippen LogP contribution >= 0.6 is 0 Å². The van der Waals surface area contributed by atoms with Crippen LogP contribution in [0.4, 0.5) is 0 Å². The van der Waals surface area contributed by atoms with Crippen LogP contribution in [0.1, 0.15) is 55.5 Å². The Morgan fingerprint density at radius 2 is 1.86 bits per heavy atom. The van der Waals surface area contributed by atoms with E-state index in [4.69, 9.17) is 10.5 Å². The summed E-state index contributed by atoms with van der Waals surface area (Å²) in [5.74, 6) is -0.209. The van der Waals surface area contributed by atoms with Crippen molar-refractivity contribution in [3.05, 3.63) is 35.4 Å². The van der Waals surface area contributed by atoms with Crippen LogP contribution in [0.2, 0.25) is 0 Å². The number of Topliss-reactive ketones (excluding diaryl/α,β-unsaturated/α-hetero) is 1. The second kappa shape index (κ2) is 9.29. The van der Waals surface area contributed by atoms with Crippen molar-refractivity contribution in [3.8, 4) is 0 Å². The molecule has 2 N–H and O–H groups in total. The van der Waals surface area contributed by atoms with Gasteiger partial charge in [0.05, 0.1) is 12.6 Å². The summed E-state index contributed by atoms with van der Waals surface area (Å²) in [6.45, 7) is 4.28. The molecule has 0 aliphatic heterocycles. The van der Waals surface area contributed by atoms with Crippen LogP contribution in [0.15, 0.2) is 24.3 Å². The number of ether oxygens (including phenoxy) is 1. The molecule has 0 heterocycles. The monoisotopic (exact) mass is 291 g/mol. The highest BCUT2D eigenvalue weighted by molar-refractivity contribution is 5.99. The number of carbonyl (C=O) groups is 2. The number of carbonyl (C=O) groups excluding carboxylic acids is 2. The summed E-state index contributed by atoms with van der Waals surface area (Å²) in [5.41, 5.74) is 7.55. The number of nitrogens with two attached hydrogens (primary N) is 1. The van der Waals surface area contributed by atoms with Gasteiger partial charge in [0.15, 0.2) is 5.78 Å². The molecule has 0 aliphatic carbocycles. The van der Waals surface area contributed by atoms with Gasteiger partial charge in [0, 0.05) is 12.0 Å². The van der Waals surface area contributed by atoms with E-state index < -0.39 is 6.04 Å². The van der Waals surface area contributed by atoms with Gasteiger partial charge in [-0.1, -0.05) is 44.0 Å². The van der Waals surface area contributed by atoms with Gasteiger partial charge < -0.3 is 10.5 Å². The Labute approximate surface area is 126 Å². The largest absolute Gasteiger partial charge is 0.466 e. The average molecular weight is 291 g/mol. The number of hydrogen-bond donors (Lipinski definition) is 1. The number of ketones is 1. The Hall–Kier alpha value is -1.68. The maximum Gasteiger partial charge on any atom is 0.306 e. The molecule has 1 rings (SSSR count). The highest BCUT2D eigenvalue weighted by Gasteiger charge is 2.15. The van der Waals surface area contributed by atoms with E-state index in [1.165, 1.54) is 0 Å². The van der Waals surface area contributed by atoms with Crippen molar-refractivity contribution in [2.45, 2.75) is 52.0 Å². The number of aryl methyl sites for hydroxylation is 1. The van der Waals surface area contributed by atoms with E-state index in [1.807, 2.05) is 12.1 Å². The maximum absolute atomic E-state index is 12.1. The van der Waals surface area contributed by atoms with Gasteiger partial charge in [-0.2, -0.15) is 0 Å².